The van der Waals surface area contributed by atoms with Gasteiger partial charge in [-0.05, 0) is 56.3 Å². The normalized spacial score (nSPS) is 11.3. The van der Waals surface area contributed by atoms with Crippen molar-refractivity contribution in [3.05, 3.63) is 47.3 Å². The number of ether oxygens (including phenoxy) is 3. The monoisotopic (exact) mass is 410 g/mol. The van der Waals surface area contributed by atoms with E-state index < -0.39 is 0 Å². The Labute approximate surface area is 173 Å². The SMILES string of the molecule is C#CCn1c(=NC(=O)COc2ccc(OCC)cc2)sc2cc(OCC)ccc21. The molecule has 1 aromatic heterocycles. The molecule has 1 heterocycles. The van der Waals surface area contributed by atoms with Crippen molar-refractivity contribution < 1.29 is 19.0 Å². The zero-order chi connectivity index (χ0) is 20.6. The van der Waals surface area contributed by atoms with E-state index in [0.717, 1.165) is 21.7 Å². The third-order valence-corrected chi connectivity index (χ3v) is 4.97. The Morgan fingerprint density at radius 1 is 1.03 bits per heavy atom. The summed E-state index contributed by atoms with van der Waals surface area (Å²) in [6.45, 7) is 5.18. The van der Waals surface area contributed by atoms with Crippen molar-refractivity contribution in [3.8, 4) is 29.6 Å². The lowest BCUT2D eigenvalue weighted by atomic mass is 10.3. The van der Waals surface area contributed by atoms with E-state index in [1.807, 2.05) is 36.6 Å². The minimum Gasteiger partial charge on any atom is -0.494 e. The van der Waals surface area contributed by atoms with Crippen molar-refractivity contribution in [1.29, 1.82) is 0 Å². The summed E-state index contributed by atoms with van der Waals surface area (Å²) in [6.07, 6.45) is 5.50. The van der Waals surface area contributed by atoms with Crippen molar-refractivity contribution in [3.63, 3.8) is 0 Å². The number of benzene rings is 2. The number of carbonyl (C=O) groups is 1. The lowest BCUT2D eigenvalue weighted by molar-refractivity contribution is -0.120. The highest BCUT2D eigenvalue weighted by Crippen LogP contribution is 2.23. The van der Waals surface area contributed by atoms with Gasteiger partial charge in [0.1, 0.15) is 17.2 Å². The molecule has 3 aromatic rings. The molecule has 3 rings (SSSR count). The minimum atomic E-state index is -0.388. The number of thiazole rings is 1. The second-order valence-electron chi connectivity index (χ2n) is 5.94. The molecular formula is C22H22N2O4S. The molecule has 0 spiro atoms. The van der Waals surface area contributed by atoms with Gasteiger partial charge < -0.3 is 18.8 Å². The van der Waals surface area contributed by atoms with E-state index in [2.05, 4.69) is 10.9 Å². The summed E-state index contributed by atoms with van der Waals surface area (Å²) in [5, 5.41) is 0. The molecule has 0 unspecified atom stereocenters. The lowest BCUT2D eigenvalue weighted by Gasteiger charge is -2.06. The largest absolute Gasteiger partial charge is 0.494 e. The van der Waals surface area contributed by atoms with Crippen LogP contribution in [0.25, 0.3) is 10.2 Å². The first-order chi connectivity index (χ1) is 14.1. The first-order valence-electron chi connectivity index (χ1n) is 9.27. The van der Waals surface area contributed by atoms with E-state index in [-0.39, 0.29) is 12.5 Å². The van der Waals surface area contributed by atoms with Crippen LogP contribution in [0.1, 0.15) is 13.8 Å². The zero-order valence-corrected chi connectivity index (χ0v) is 17.2. The van der Waals surface area contributed by atoms with Crippen LogP contribution in [-0.2, 0) is 11.3 Å². The molecule has 0 bridgehead atoms. The molecule has 0 saturated carbocycles. The molecule has 0 aliphatic rings. The average Bonchev–Trinajstić information content (AvgIpc) is 3.04. The third kappa shape index (κ3) is 5.18. The fourth-order valence-electron chi connectivity index (χ4n) is 2.72. The second kappa shape index (κ2) is 9.80. The van der Waals surface area contributed by atoms with E-state index in [1.165, 1.54) is 11.3 Å². The molecule has 0 saturated heterocycles. The Hall–Kier alpha value is -3.24. The summed E-state index contributed by atoms with van der Waals surface area (Å²) >= 11 is 1.39. The number of rotatable bonds is 8. The number of hydrogen-bond donors (Lipinski definition) is 0. The Morgan fingerprint density at radius 2 is 1.66 bits per heavy atom. The fourth-order valence-corrected chi connectivity index (χ4v) is 3.80. The van der Waals surface area contributed by atoms with E-state index in [4.69, 9.17) is 20.6 Å². The molecule has 0 fully saturated rings. The maximum atomic E-state index is 12.4. The molecular weight excluding hydrogens is 388 g/mol. The molecule has 2 aromatic carbocycles. The van der Waals surface area contributed by atoms with Gasteiger partial charge in [-0.1, -0.05) is 17.3 Å². The topological polar surface area (TPSA) is 62.1 Å². The Morgan fingerprint density at radius 3 is 2.31 bits per heavy atom. The van der Waals surface area contributed by atoms with Crippen LogP contribution in [0, 0.1) is 12.3 Å². The van der Waals surface area contributed by atoms with Gasteiger partial charge in [-0.25, -0.2) is 0 Å². The van der Waals surface area contributed by atoms with Crippen molar-refractivity contribution in [2.24, 2.45) is 4.99 Å². The number of nitrogens with zero attached hydrogens (tertiary/aromatic N) is 2. The molecule has 0 aliphatic carbocycles. The number of carbonyl (C=O) groups excluding carboxylic acids is 1. The summed E-state index contributed by atoms with van der Waals surface area (Å²) in [5.41, 5.74) is 0.912. The number of hydrogen-bond acceptors (Lipinski definition) is 5. The molecule has 6 nitrogen and oxygen atoms in total. The van der Waals surface area contributed by atoms with E-state index in [9.17, 15) is 4.79 Å². The van der Waals surface area contributed by atoms with Crippen LogP contribution in [-0.4, -0.2) is 30.3 Å². The summed E-state index contributed by atoms with van der Waals surface area (Å²) in [5.74, 6) is 4.32. The van der Waals surface area contributed by atoms with Gasteiger partial charge in [0, 0.05) is 0 Å². The predicted molar refractivity (Wildman–Crippen MR) is 113 cm³/mol. The summed E-state index contributed by atoms with van der Waals surface area (Å²) in [6, 6.07) is 12.8. The van der Waals surface area contributed by atoms with Crippen LogP contribution < -0.4 is 19.0 Å². The highest BCUT2D eigenvalue weighted by molar-refractivity contribution is 7.16. The first kappa shape index (κ1) is 20.5. The highest BCUT2D eigenvalue weighted by atomic mass is 32.1. The van der Waals surface area contributed by atoms with Gasteiger partial charge in [0.25, 0.3) is 5.91 Å². The summed E-state index contributed by atoms with van der Waals surface area (Å²) < 4.78 is 19.3. The van der Waals surface area contributed by atoms with Gasteiger partial charge in [-0.15, -0.1) is 6.42 Å². The molecule has 29 heavy (non-hydrogen) atoms. The second-order valence-corrected chi connectivity index (χ2v) is 6.95. The van der Waals surface area contributed by atoms with Crippen LogP contribution in [0.2, 0.25) is 0 Å². The molecule has 1 amide bonds. The van der Waals surface area contributed by atoms with Crippen LogP contribution >= 0.6 is 11.3 Å². The number of fused-ring (bicyclic) bond motifs is 1. The minimum absolute atomic E-state index is 0.164. The molecule has 0 atom stereocenters. The molecule has 150 valence electrons. The molecule has 0 N–H and O–H groups in total. The number of aromatic nitrogens is 1. The van der Waals surface area contributed by atoms with Gasteiger partial charge >= 0.3 is 0 Å². The maximum absolute atomic E-state index is 12.4. The van der Waals surface area contributed by atoms with Gasteiger partial charge in [0.15, 0.2) is 11.4 Å². The van der Waals surface area contributed by atoms with Gasteiger partial charge in [0.2, 0.25) is 0 Å². The smallest absolute Gasteiger partial charge is 0.286 e. The number of amides is 1. The van der Waals surface area contributed by atoms with E-state index >= 15 is 0 Å². The Bertz CT molecular complexity index is 1090. The molecule has 7 heteroatoms. The fraction of sp³-hybridized carbons (Fsp3) is 0.273. The number of terminal acetylenes is 1. The van der Waals surface area contributed by atoms with Crippen LogP contribution in [0.15, 0.2) is 47.5 Å². The zero-order valence-electron chi connectivity index (χ0n) is 16.4. The maximum Gasteiger partial charge on any atom is 0.286 e. The van der Waals surface area contributed by atoms with Crippen LogP contribution in [0.3, 0.4) is 0 Å². The summed E-state index contributed by atoms with van der Waals surface area (Å²) in [7, 11) is 0. The van der Waals surface area contributed by atoms with Crippen molar-refractivity contribution in [2.75, 3.05) is 19.8 Å². The van der Waals surface area contributed by atoms with Crippen LogP contribution in [0.5, 0.6) is 17.2 Å². The molecule has 0 aliphatic heterocycles. The predicted octanol–water partition coefficient (Wildman–Crippen LogP) is 3.64. The van der Waals surface area contributed by atoms with E-state index in [1.54, 1.807) is 24.3 Å². The third-order valence-electron chi connectivity index (χ3n) is 3.93. The Balaban J connectivity index is 1.79. The molecule has 0 radical (unpaired) electrons. The quantitative estimate of drug-likeness (QED) is 0.532. The van der Waals surface area contributed by atoms with Gasteiger partial charge in [-0.3, -0.25) is 4.79 Å². The first-order valence-corrected chi connectivity index (χ1v) is 10.1. The van der Waals surface area contributed by atoms with Gasteiger partial charge in [-0.2, -0.15) is 4.99 Å². The Kier molecular flexibility index (Phi) is 6.93. The van der Waals surface area contributed by atoms with Crippen LogP contribution in [0.4, 0.5) is 0 Å². The van der Waals surface area contributed by atoms with Crippen molar-refractivity contribution >= 4 is 27.5 Å². The van der Waals surface area contributed by atoms with Gasteiger partial charge in [0.05, 0.1) is 30.0 Å². The average molecular weight is 410 g/mol. The van der Waals surface area contributed by atoms with E-state index in [0.29, 0.717) is 30.3 Å². The lowest BCUT2D eigenvalue weighted by Crippen LogP contribution is -2.19. The highest BCUT2D eigenvalue weighted by Gasteiger charge is 2.09. The van der Waals surface area contributed by atoms with Crippen molar-refractivity contribution in [2.45, 2.75) is 20.4 Å². The van der Waals surface area contributed by atoms with Crippen molar-refractivity contribution in [1.82, 2.24) is 4.57 Å². The summed E-state index contributed by atoms with van der Waals surface area (Å²) in [4.78, 5) is 17.1. The standard InChI is InChI=1S/C22H22N2O4S/c1-4-13-24-19-12-11-18(27-6-3)14-20(19)29-22(24)23-21(25)15-28-17-9-7-16(8-10-17)26-5-2/h1,7-12,14H,5-6,13,15H2,2-3H3.